The van der Waals surface area contributed by atoms with Crippen LogP contribution in [0.4, 0.5) is 0 Å². The molecule has 0 radical (unpaired) electrons. The number of carbonyl (C=O) groups excluding carboxylic acids is 1. The van der Waals surface area contributed by atoms with Gasteiger partial charge in [0.15, 0.2) is 0 Å². The first-order chi connectivity index (χ1) is 10.6. The van der Waals surface area contributed by atoms with Gasteiger partial charge in [-0.05, 0) is 25.3 Å². The number of hydrogen-bond donors (Lipinski definition) is 1. The van der Waals surface area contributed by atoms with E-state index in [1.54, 1.807) is 22.7 Å². The molecule has 0 aliphatic carbocycles. The van der Waals surface area contributed by atoms with E-state index >= 15 is 0 Å². The number of hydrogen-bond acceptors (Lipinski definition) is 6. The maximum atomic E-state index is 12.0. The van der Waals surface area contributed by atoms with Crippen LogP contribution in [-0.2, 0) is 17.8 Å². The van der Waals surface area contributed by atoms with E-state index in [1.165, 1.54) is 0 Å². The molecule has 0 aliphatic heterocycles. The smallest absolute Gasteiger partial charge is 0.226 e. The van der Waals surface area contributed by atoms with Gasteiger partial charge in [-0.15, -0.1) is 22.7 Å². The molecule has 3 aromatic heterocycles. The third-order valence-corrected chi connectivity index (χ3v) is 5.07. The summed E-state index contributed by atoms with van der Waals surface area (Å²) < 4.78 is 5.43. The van der Waals surface area contributed by atoms with Crippen LogP contribution in [0.5, 0.6) is 0 Å². The summed E-state index contributed by atoms with van der Waals surface area (Å²) in [6.45, 7) is 4.04. The largest absolute Gasteiger partial charge is 0.444 e. The number of amides is 1. The predicted molar refractivity (Wildman–Crippen MR) is 87.0 cm³/mol. The molecule has 3 rings (SSSR count). The first kappa shape index (κ1) is 14.9. The molecule has 5 nitrogen and oxygen atoms in total. The fraction of sp³-hybridized carbons (Fsp3) is 0.267. The fourth-order valence-corrected chi connectivity index (χ4v) is 3.55. The molecule has 0 saturated carbocycles. The van der Waals surface area contributed by atoms with Gasteiger partial charge in [-0.25, -0.2) is 9.97 Å². The third-order valence-electron chi connectivity index (χ3n) is 3.13. The second-order valence-corrected chi connectivity index (χ2v) is 6.63. The van der Waals surface area contributed by atoms with Gasteiger partial charge < -0.3 is 9.73 Å². The van der Waals surface area contributed by atoms with Crippen LogP contribution in [0.1, 0.15) is 23.0 Å². The summed E-state index contributed by atoms with van der Waals surface area (Å²) in [7, 11) is 0. The van der Waals surface area contributed by atoms with Crippen molar-refractivity contribution in [2.24, 2.45) is 0 Å². The van der Waals surface area contributed by atoms with E-state index in [0.29, 0.717) is 12.4 Å². The Hall–Kier alpha value is -1.99. The highest BCUT2D eigenvalue weighted by Crippen LogP contribution is 2.27. The highest BCUT2D eigenvalue weighted by molar-refractivity contribution is 7.20. The van der Waals surface area contributed by atoms with E-state index in [-0.39, 0.29) is 12.3 Å². The Bertz CT molecular complexity index is 755. The highest BCUT2D eigenvalue weighted by Gasteiger charge is 2.11. The van der Waals surface area contributed by atoms with Crippen LogP contribution in [0.2, 0.25) is 0 Å². The van der Waals surface area contributed by atoms with E-state index in [1.807, 2.05) is 36.7 Å². The second-order valence-electron chi connectivity index (χ2n) is 4.82. The van der Waals surface area contributed by atoms with Crippen molar-refractivity contribution in [3.05, 3.63) is 45.9 Å². The lowest BCUT2D eigenvalue weighted by Crippen LogP contribution is -2.24. The van der Waals surface area contributed by atoms with Gasteiger partial charge in [0.2, 0.25) is 11.8 Å². The van der Waals surface area contributed by atoms with Gasteiger partial charge in [0.1, 0.15) is 10.8 Å². The second kappa shape index (κ2) is 6.41. The molecule has 114 valence electrons. The predicted octanol–water partition coefficient (Wildman–Crippen LogP) is 3.34. The van der Waals surface area contributed by atoms with Crippen molar-refractivity contribution >= 4 is 28.6 Å². The molecule has 0 aliphatic rings. The standard InChI is InChI=1S/C15H15N3O2S2/c1-9-10(2)20-14(17-9)7-16-13(19)6-11-8-22-15(18-11)12-4-3-5-21-12/h3-5,8H,6-7H2,1-2H3,(H,16,19). The zero-order chi connectivity index (χ0) is 15.5. The molecule has 1 amide bonds. The van der Waals surface area contributed by atoms with Gasteiger partial charge in [-0.3, -0.25) is 4.79 Å². The Morgan fingerprint density at radius 1 is 1.32 bits per heavy atom. The quantitative estimate of drug-likeness (QED) is 0.777. The molecule has 3 aromatic rings. The van der Waals surface area contributed by atoms with Crippen LogP contribution in [0.15, 0.2) is 27.3 Å². The molecule has 0 fully saturated rings. The molecule has 22 heavy (non-hydrogen) atoms. The molecule has 0 bridgehead atoms. The molecule has 7 heteroatoms. The van der Waals surface area contributed by atoms with Crippen molar-refractivity contribution in [1.29, 1.82) is 0 Å². The molecule has 3 heterocycles. The summed E-state index contributed by atoms with van der Waals surface area (Å²) in [6.07, 6.45) is 0.264. The number of rotatable bonds is 5. The summed E-state index contributed by atoms with van der Waals surface area (Å²) >= 11 is 3.20. The van der Waals surface area contributed by atoms with Crippen molar-refractivity contribution in [3.63, 3.8) is 0 Å². The minimum Gasteiger partial charge on any atom is -0.444 e. The molecule has 0 aromatic carbocycles. The van der Waals surface area contributed by atoms with Crippen LogP contribution in [-0.4, -0.2) is 15.9 Å². The van der Waals surface area contributed by atoms with Gasteiger partial charge >= 0.3 is 0 Å². The van der Waals surface area contributed by atoms with Crippen LogP contribution in [0.3, 0.4) is 0 Å². The van der Waals surface area contributed by atoms with E-state index in [2.05, 4.69) is 15.3 Å². The molecule has 1 N–H and O–H groups in total. The summed E-state index contributed by atoms with van der Waals surface area (Å²) in [5, 5.41) is 7.70. The van der Waals surface area contributed by atoms with Crippen LogP contribution in [0.25, 0.3) is 9.88 Å². The lowest BCUT2D eigenvalue weighted by Gasteiger charge is -2.00. The average molecular weight is 333 g/mol. The Kier molecular flexibility index (Phi) is 4.35. The summed E-state index contributed by atoms with van der Waals surface area (Å²) in [5.74, 6) is 1.22. The third kappa shape index (κ3) is 3.42. The van der Waals surface area contributed by atoms with Crippen LogP contribution in [0, 0.1) is 13.8 Å². The van der Waals surface area contributed by atoms with Crippen molar-refractivity contribution in [2.75, 3.05) is 0 Å². The molecule has 0 spiro atoms. The number of nitrogens with one attached hydrogen (secondary N) is 1. The minimum absolute atomic E-state index is 0.0865. The van der Waals surface area contributed by atoms with Crippen molar-refractivity contribution in [2.45, 2.75) is 26.8 Å². The number of thiophene rings is 1. The lowest BCUT2D eigenvalue weighted by atomic mass is 10.3. The molecular weight excluding hydrogens is 318 g/mol. The zero-order valence-electron chi connectivity index (χ0n) is 12.3. The summed E-state index contributed by atoms with van der Waals surface area (Å²) in [6, 6.07) is 4.02. The molecule has 0 unspecified atom stereocenters. The maximum Gasteiger partial charge on any atom is 0.226 e. The molecule has 0 saturated heterocycles. The Balaban J connectivity index is 1.55. The number of aryl methyl sites for hydroxylation is 2. The van der Waals surface area contributed by atoms with E-state index < -0.39 is 0 Å². The van der Waals surface area contributed by atoms with Gasteiger partial charge in [0.25, 0.3) is 0 Å². The van der Waals surface area contributed by atoms with Crippen molar-refractivity contribution in [3.8, 4) is 9.88 Å². The summed E-state index contributed by atoms with van der Waals surface area (Å²) in [4.78, 5) is 21.8. The van der Waals surface area contributed by atoms with Gasteiger partial charge in [0, 0.05) is 5.38 Å². The van der Waals surface area contributed by atoms with Crippen LogP contribution < -0.4 is 5.32 Å². The van der Waals surface area contributed by atoms with Gasteiger partial charge in [-0.2, -0.15) is 0 Å². The normalized spacial score (nSPS) is 10.8. The van der Waals surface area contributed by atoms with Crippen LogP contribution >= 0.6 is 22.7 Å². The first-order valence-corrected chi connectivity index (χ1v) is 8.55. The number of carbonyl (C=O) groups is 1. The van der Waals surface area contributed by atoms with E-state index in [0.717, 1.165) is 27.0 Å². The average Bonchev–Trinajstić information content (AvgIpc) is 3.19. The Morgan fingerprint density at radius 2 is 2.18 bits per heavy atom. The van der Waals surface area contributed by atoms with Gasteiger partial charge in [0.05, 0.1) is 29.2 Å². The fourth-order valence-electron chi connectivity index (χ4n) is 1.92. The van der Waals surface area contributed by atoms with Crippen molar-refractivity contribution < 1.29 is 9.21 Å². The van der Waals surface area contributed by atoms with Crippen molar-refractivity contribution in [1.82, 2.24) is 15.3 Å². The first-order valence-electron chi connectivity index (χ1n) is 6.79. The number of aromatic nitrogens is 2. The lowest BCUT2D eigenvalue weighted by molar-refractivity contribution is -0.120. The number of thiazole rings is 1. The minimum atomic E-state index is -0.0865. The Morgan fingerprint density at radius 3 is 2.86 bits per heavy atom. The highest BCUT2D eigenvalue weighted by atomic mass is 32.1. The molecule has 0 atom stereocenters. The number of oxazole rings is 1. The van der Waals surface area contributed by atoms with E-state index in [4.69, 9.17) is 4.42 Å². The van der Waals surface area contributed by atoms with E-state index in [9.17, 15) is 4.79 Å². The SMILES string of the molecule is Cc1nc(CNC(=O)Cc2csc(-c3cccs3)n2)oc1C. The molecular formula is C15H15N3O2S2. The number of nitrogens with zero attached hydrogens (tertiary/aromatic N) is 2. The monoisotopic (exact) mass is 333 g/mol. The van der Waals surface area contributed by atoms with Gasteiger partial charge in [-0.1, -0.05) is 6.07 Å². The summed E-state index contributed by atoms with van der Waals surface area (Å²) in [5.41, 5.74) is 1.63. The maximum absolute atomic E-state index is 12.0. The topological polar surface area (TPSA) is 68.0 Å². The zero-order valence-corrected chi connectivity index (χ0v) is 13.9. The Labute approximate surface area is 136 Å².